The van der Waals surface area contributed by atoms with Gasteiger partial charge in [-0.25, -0.2) is 4.39 Å². The van der Waals surface area contributed by atoms with Crippen molar-refractivity contribution >= 4 is 17.5 Å². The minimum absolute atomic E-state index is 0.00850. The lowest BCUT2D eigenvalue weighted by Gasteiger charge is -2.08. The molecule has 0 N–H and O–H groups in total. The molecular formula is C19H17FN2O2S. The summed E-state index contributed by atoms with van der Waals surface area (Å²) in [5, 5.41) is 7.87. The number of aryl methyl sites for hydroxylation is 1. The molecule has 2 aromatic carbocycles. The van der Waals surface area contributed by atoms with Crippen LogP contribution in [0.1, 0.15) is 29.8 Å². The fourth-order valence-corrected chi connectivity index (χ4v) is 3.07. The second kappa shape index (κ2) is 7.61. The first-order valence-electron chi connectivity index (χ1n) is 7.96. The maximum atomic E-state index is 13.0. The van der Waals surface area contributed by atoms with Crippen molar-refractivity contribution in [2.75, 3.05) is 0 Å². The van der Waals surface area contributed by atoms with E-state index < -0.39 is 0 Å². The normalized spacial score (nSPS) is 12.1. The van der Waals surface area contributed by atoms with Gasteiger partial charge in [-0.2, -0.15) is 0 Å². The van der Waals surface area contributed by atoms with E-state index in [9.17, 15) is 9.18 Å². The number of carbonyl (C=O) groups excluding carboxylic acids is 1. The second-order valence-corrected chi connectivity index (χ2v) is 6.85. The third-order valence-corrected chi connectivity index (χ3v) is 4.73. The largest absolute Gasteiger partial charge is 0.411 e. The van der Waals surface area contributed by atoms with Crippen LogP contribution in [0.25, 0.3) is 11.5 Å². The van der Waals surface area contributed by atoms with Crippen molar-refractivity contribution in [3.8, 4) is 11.5 Å². The molecule has 0 saturated carbocycles. The van der Waals surface area contributed by atoms with Gasteiger partial charge in [0.15, 0.2) is 5.78 Å². The molecule has 0 saturated heterocycles. The van der Waals surface area contributed by atoms with Gasteiger partial charge in [0.05, 0.1) is 5.25 Å². The average Bonchev–Trinajstić information content (AvgIpc) is 3.10. The van der Waals surface area contributed by atoms with Gasteiger partial charge >= 0.3 is 0 Å². The molecule has 0 amide bonds. The van der Waals surface area contributed by atoms with Gasteiger partial charge in [0.25, 0.3) is 5.22 Å². The Morgan fingerprint density at radius 3 is 2.44 bits per heavy atom. The van der Waals surface area contributed by atoms with Crippen LogP contribution in [-0.2, 0) is 6.42 Å². The van der Waals surface area contributed by atoms with Crippen molar-refractivity contribution in [3.63, 3.8) is 0 Å². The van der Waals surface area contributed by atoms with E-state index in [4.69, 9.17) is 4.42 Å². The number of thioether (sulfide) groups is 1. The number of nitrogens with zero attached hydrogens (tertiary/aromatic N) is 2. The summed E-state index contributed by atoms with van der Waals surface area (Å²) in [5.41, 5.74) is 2.49. The smallest absolute Gasteiger partial charge is 0.277 e. The van der Waals surface area contributed by atoms with E-state index >= 15 is 0 Å². The summed E-state index contributed by atoms with van der Waals surface area (Å²) in [6.45, 7) is 3.88. The van der Waals surface area contributed by atoms with Gasteiger partial charge < -0.3 is 4.42 Å². The molecule has 0 bridgehead atoms. The Morgan fingerprint density at radius 1 is 1.12 bits per heavy atom. The molecule has 3 rings (SSSR count). The maximum absolute atomic E-state index is 13.0. The van der Waals surface area contributed by atoms with Crippen LogP contribution in [0.4, 0.5) is 4.39 Å². The lowest BCUT2D eigenvalue weighted by atomic mass is 10.1. The zero-order valence-electron chi connectivity index (χ0n) is 13.9. The molecule has 0 radical (unpaired) electrons. The van der Waals surface area contributed by atoms with Gasteiger partial charge in [-0.15, -0.1) is 10.2 Å². The maximum Gasteiger partial charge on any atom is 0.277 e. The second-order valence-electron chi connectivity index (χ2n) is 5.55. The lowest BCUT2D eigenvalue weighted by Crippen LogP contribution is -2.13. The zero-order valence-corrected chi connectivity index (χ0v) is 14.7. The first kappa shape index (κ1) is 17.4. The Bertz CT molecular complexity index is 860. The molecule has 1 heterocycles. The molecule has 0 spiro atoms. The number of halogens is 1. The number of carbonyl (C=O) groups is 1. The van der Waals surface area contributed by atoms with E-state index in [2.05, 4.69) is 17.1 Å². The number of rotatable bonds is 6. The molecule has 0 aliphatic rings. The highest BCUT2D eigenvalue weighted by molar-refractivity contribution is 8.00. The van der Waals surface area contributed by atoms with Gasteiger partial charge in [0, 0.05) is 11.1 Å². The first-order chi connectivity index (χ1) is 12.1. The molecule has 0 fully saturated rings. The summed E-state index contributed by atoms with van der Waals surface area (Å²) < 4.78 is 18.5. The molecule has 1 atom stereocenters. The van der Waals surface area contributed by atoms with Gasteiger partial charge in [-0.1, -0.05) is 43.0 Å². The minimum atomic E-state index is -0.353. The highest BCUT2D eigenvalue weighted by atomic mass is 32.2. The van der Waals surface area contributed by atoms with Crippen LogP contribution in [0.15, 0.2) is 58.2 Å². The fraction of sp³-hybridized carbons (Fsp3) is 0.211. The highest BCUT2D eigenvalue weighted by Gasteiger charge is 2.20. The van der Waals surface area contributed by atoms with Crippen LogP contribution in [0.5, 0.6) is 0 Å². The van der Waals surface area contributed by atoms with Gasteiger partial charge in [0.1, 0.15) is 5.82 Å². The fourth-order valence-electron chi connectivity index (χ4n) is 2.31. The standard InChI is InChI=1S/C19H17FN2O2S/c1-3-13-4-6-14(7-5-13)17(23)12(2)25-19-22-21-18(24-19)15-8-10-16(20)11-9-15/h4-12H,3H2,1-2H3/t12-/m0/s1. The average molecular weight is 356 g/mol. The third-order valence-electron chi connectivity index (χ3n) is 3.79. The molecule has 3 aromatic rings. The minimum Gasteiger partial charge on any atom is -0.411 e. The summed E-state index contributed by atoms with van der Waals surface area (Å²) in [7, 11) is 0. The number of ketones is 1. The number of hydrogen-bond donors (Lipinski definition) is 0. The molecule has 0 aliphatic carbocycles. The number of aromatic nitrogens is 2. The van der Waals surface area contributed by atoms with Crippen LogP contribution >= 0.6 is 11.8 Å². The van der Waals surface area contributed by atoms with E-state index in [-0.39, 0.29) is 16.9 Å². The Morgan fingerprint density at radius 2 is 1.80 bits per heavy atom. The summed E-state index contributed by atoms with van der Waals surface area (Å²) in [5.74, 6) is -0.0187. The number of hydrogen-bond acceptors (Lipinski definition) is 5. The lowest BCUT2D eigenvalue weighted by molar-refractivity contribution is 0.0993. The van der Waals surface area contributed by atoms with Crippen LogP contribution in [0.2, 0.25) is 0 Å². The molecule has 128 valence electrons. The van der Waals surface area contributed by atoms with Crippen molar-refractivity contribution in [1.29, 1.82) is 0 Å². The molecule has 0 unspecified atom stereocenters. The van der Waals surface area contributed by atoms with E-state index in [0.717, 1.165) is 6.42 Å². The Balaban J connectivity index is 1.69. The van der Waals surface area contributed by atoms with Crippen molar-refractivity contribution in [1.82, 2.24) is 10.2 Å². The van der Waals surface area contributed by atoms with E-state index in [1.165, 1.54) is 29.5 Å². The Hall–Kier alpha value is -2.47. The van der Waals surface area contributed by atoms with Crippen molar-refractivity contribution in [3.05, 3.63) is 65.5 Å². The van der Waals surface area contributed by atoms with Gasteiger partial charge in [-0.3, -0.25) is 4.79 Å². The summed E-state index contributed by atoms with van der Waals surface area (Å²) in [6, 6.07) is 13.4. The third kappa shape index (κ3) is 4.14. The number of Topliss-reactive ketones (excluding diaryl/α,β-unsaturated/α-hetero) is 1. The molecule has 25 heavy (non-hydrogen) atoms. The Kier molecular flexibility index (Phi) is 5.28. The van der Waals surface area contributed by atoms with Gasteiger partial charge in [0.2, 0.25) is 5.89 Å². The highest BCUT2D eigenvalue weighted by Crippen LogP contribution is 2.28. The summed E-state index contributed by atoms with van der Waals surface area (Å²) in [6.07, 6.45) is 0.937. The Labute approximate surface area is 149 Å². The van der Waals surface area contributed by atoms with Crippen LogP contribution in [0, 0.1) is 5.82 Å². The SMILES string of the molecule is CCc1ccc(C(=O)[C@H](C)Sc2nnc(-c3ccc(F)cc3)o2)cc1. The predicted octanol–water partition coefficient (Wildman–Crippen LogP) is 4.80. The summed E-state index contributed by atoms with van der Waals surface area (Å²) in [4.78, 5) is 12.5. The number of benzene rings is 2. The molecule has 0 aliphatic heterocycles. The molecule has 4 nitrogen and oxygen atoms in total. The van der Waals surface area contributed by atoms with Crippen LogP contribution in [0.3, 0.4) is 0 Å². The molecule has 1 aromatic heterocycles. The van der Waals surface area contributed by atoms with Crippen molar-refractivity contribution in [2.45, 2.75) is 30.7 Å². The van der Waals surface area contributed by atoms with E-state index in [1.807, 2.05) is 31.2 Å². The van der Waals surface area contributed by atoms with Gasteiger partial charge in [-0.05, 0) is 43.2 Å². The van der Waals surface area contributed by atoms with Crippen molar-refractivity contribution in [2.24, 2.45) is 0 Å². The monoisotopic (exact) mass is 356 g/mol. The molecule has 6 heteroatoms. The van der Waals surface area contributed by atoms with E-state index in [1.54, 1.807) is 12.1 Å². The first-order valence-corrected chi connectivity index (χ1v) is 8.84. The topological polar surface area (TPSA) is 56.0 Å². The molecular weight excluding hydrogens is 339 g/mol. The zero-order chi connectivity index (χ0) is 17.8. The predicted molar refractivity (Wildman–Crippen MR) is 95.2 cm³/mol. The van der Waals surface area contributed by atoms with Crippen LogP contribution in [-0.4, -0.2) is 21.2 Å². The summed E-state index contributed by atoms with van der Waals surface area (Å²) >= 11 is 1.21. The van der Waals surface area contributed by atoms with Crippen LogP contribution < -0.4 is 0 Å². The van der Waals surface area contributed by atoms with Crippen molar-refractivity contribution < 1.29 is 13.6 Å². The van der Waals surface area contributed by atoms with E-state index in [0.29, 0.717) is 22.2 Å². The quantitative estimate of drug-likeness (QED) is 0.469.